The number of anilines is 3. The number of benzene rings is 2. The molecule has 13 heteroatoms. The van der Waals surface area contributed by atoms with Gasteiger partial charge < -0.3 is 32.0 Å². The van der Waals surface area contributed by atoms with E-state index in [2.05, 4.69) is 40.8 Å². The van der Waals surface area contributed by atoms with Gasteiger partial charge in [-0.3, -0.25) is 0 Å². The summed E-state index contributed by atoms with van der Waals surface area (Å²) in [6.45, 7) is 1.17. The molecule has 0 amide bonds. The second-order valence-electron chi connectivity index (χ2n) is 9.85. The number of esters is 2. The van der Waals surface area contributed by atoms with Crippen molar-refractivity contribution in [1.82, 2.24) is 19.9 Å². The molecule has 4 heterocycles. The van der Waals surface area contributed by atoms with E-state index in [1.165, 1.54) is 26.5 Å². The van der Waals surface area contributed by atoms with E-state index in [9.17, 15) is 14.0 Å². The lowest BCUT2D eigenvalue weighted by atomic mass is 10.1. The fraction of sp³-hybridized carbons (Fsp3) is 0.118. The van der Waals surface area contributed by atoms with Gasteiger partial charge in [-0.05, 0) is 70.4 Å². The molecule has 12 nitrogen and oxygen atoms in total. The van der Waals surface area contributed by atoms with Crippen molar-refractivity contribution in [3.8, 4) is 0 Å². The highest BCUT2D eigenvalue weighted by molar-refractivity contribution is 5.92. The summed E-state index contributed by atoms with van der Waals surface area (Å²) >= 11 is 0. The molecular formula is C34H33FN8O4. The number of fused-ring (bicyclic) bond motifs is 2. The zero-order chi connectivity index (χ0) is 33.8. The van der Waals surface area contributed by atoms with Gasteiger partial charge in [-0.1, -0.05) is 24.3 Å². The normalized spacial score (nSPS) is 10.2. The zero-order valence-corrected chi connectivity index (χ0v) is 25.7. The Morgan fingerprint density at radius 2 is 1.23 bits per heavy atom. The molecule has 0 atom stereocenters. The number of rotatable bonds is 6. The largest absolute Gasteiger partial charge is 0.465 e. The third-order valence-corrected chi connectivity index (χ3v) is 6.76. The third-order valence-electron chi connectivity index (χ3n) is 6.76. The molecule has 0 unspecified atom stereocenters. The predicted molar refractivity (Wildman–Crippen MR) is 179 cm³/mol. The van der Waals surface area contributed by atoms with Gasteiger partial charge in [0.2, 0.25) is 5.95 Å². The van der Waals surface area contributed by atoms with Crippen molar-refractivity contribution in [3.63, 3.8) is 0 Å². The van der Waals surface area contributed by atoms with E-state index < -0.39 is 17.9 Å². The molecule has 0 aliphatic carbocycles. The highest BCUT2D eigenvalue weighted by Crippen LogP contribution is 2.21. The highest BCUT2D eigenvalue weighted by atomic mass is 19.1. The summed E-state index contributed by atoms with van der Waals surface area (Å²) in [6, 6.07) is 21.7. The smallest absolute Gasteiger partial charge is 0.339 e. The second-order valence-corrected chi connectivity index (χ2v) is 9.85. The van der Waals surface area contributed by atoms with Crippen LogP contribution < -0.4 is 22.5 Å². The Balaban J connectivity index is 0.000000176. The van der Waals surface area contributed by atoms with Crippen LogP contribution in [0, 0.1) is 5.95 Å². The Hall–Kier alpha value is -6.21. The number of nitrogens with zero attached hydrogens (tertiary/aromatic N) is 4. The van der Waals surface area contributed by atoms with Crippen LogP contribution in [0.15, 0.2) is 97.6 Å². The molecule has 0 aliphatic rings. The van der Waals surface area contributed by atoms with Crippen LogP contribution in [0.25, 0.3) is 21.5 Å². The van der Waals surface area contributed by atoms with Gasteiger partial charge in [0.15, 0.2) is 0 Å². The van der Waals surface area contributed by atoms with E-state index in [0.717, 1.165) is 44.9 Å². The van der Waals surface area contributed by atoms with Crippen LogP contribution in [0.5, 0.6) is 0 Å². The van der Waals surface area contributed by atoms with Crippen LogP contribution >= 0.6 is 0 Å². The summed E-state index contributed by atoms with van der Waals surface area (Å²) in [5.41, 5.74) is 20.0. The molecule has 0 radical (unpaired) electrons. The average molecular weight is 637 g/mol. The maximum atomic E-state index is 12.2. The van der Waals surface area contributed by atoms with E-state index in [4.69, 9.17) is 17.2 Å². The minimum atomic E-state index is -0.613. The number of carbonyl (C=O) groups is 2. The van der Waals surface area contributed by atoms with Gasteiger partial charge in [0.1, 0.15) is 17.5 Å². The average Bonchev–Trinajstić information content (AvgIpc) is 3.11. The van der Waals surface area contributed by atoms with Crippen molar-refractivity contribution in [2.45, 2.75) is 13.1 Å². The lowest BCUT2D eigenvalue weighted by Gasteiger charge is -2.08. The molecule has 0 saturated heterocycles. The SMILES string of the molecule is COC(=O)c1ccc(F)nc1.COC(=O)c1ccc(NCc2ccc3c(N)nccc3c2)nc1.NCc1ccc2c(N)nccc2c1. The summed E-state index contributed by atoms with van der Waals surface area (Å²) < 4.78 is 21.2. The third kappa shape index (κ3) is 9.15. The minimum Gasteiger partial charge on any atom is -0.465 e. The summed E-state index contributed by atoms with van der Waals surface area (Å²) in [6.07, 6.45) is 6.02. The molecule has 7 N–H and O–H groups in total. The molecule has 4 aromatic heterocycles. The Morgan fingerprint density at radius 1 is 0.702 bits per heavy atom. The maximum absolute atomic E-state index is 12.2. The molecule has 47 heavy (non-hydrogen) atoms. The minimum absolute atomic E-state index is 0.244. The second kappa shape index (κ2) is 16.2. The molecule has 0 bridgehead atoms. The fourth-order valence-corrected chi connectivity index (χ4v) is 4.28. The van der Waals surface area contributed by atoms with Crippen LogP contribution in [0.4, 0.5) is 21.8 Å². The molecule has 6 aromatic rings. The molecular weight excluding hydrogens is 603 g/mol. The van der Waals surface area contributed by atoms with E-state index in [1.807, 2.05) is 42.5 Å². The Labute approximate surface area is 269 Å². The molecule has 2 aromatic carbocycles. The van der Waals surface area contributed by atoms with Crippen LogP contribution in [0.1, 0.15) is 31.8 Å². The number of methoxy groups -OCH3 is 2. The van der Waals surface area contributed by atoms with Crippen molar-refractivity contribution < 1.29 is 23.5 Å². The summed E-state index contributed by atoms with van der Waals surface area (Å²) in [5, 5.41) is 7.28. The first-order valence-corrected chi connectivity index (χ1v) is 14.2. The number of ether oxygens (including phenoxy) is 2. The first-order valence-electron chi connectivity index (χ1n) is 14.2. The number of hydrogen-bond donors (Lipinski definition) is 4. The Bertz CT molecular complexity index is 1970. The summed E-state index contributed by atoms with van der Waals surface area (Å²) in [5.74, 6) is 0.259. The van der Waals surface area contributed by atoms with Gasteiger partial charge in [0.25, 0.3) is 0 Å². The van der Waals surface area contributed by atoms with Gasteiger partial charge in [0.05, 0.1) is 25.3 Å². The summed E-state index contributed by atoms with van der Waals surface area (Å²) in [4.78, 5) is 37.7. The van der Waals surface area contributed by atoms with E-state index in [1.54, 1.807) is 24.5 Å². The maximum Gasteiger partial charge on any atom is 0.339 e. The number of nitrogen functional groups attached to an aromatic ring is 2. The number of halogens is 1. The Morgan fingerprint density at radius 3 is 1.72 bits per heavy atom. The van der Waals surface area contributed by atoms with Crippen LogP contribution in [-0.4, -0.2) is 46.1 Å². The summed E-state index contributed by atoms with van der Waals surface area (Å²) in [7, 11) is 2.60. The van der Waals surface area contributed by atoms with Crippen LogP contribution in [0.3, 0.4) is 0 Å². The van der Waals surface area contributed by atoms with E-state index in [-0.39, 0.29) is 5.56 Å². The number of carbonyl (C=O) groups excluding carboxylic acids is 2. The number of nitrogens with one attached hydrogen (secondary N) is 1. The van der Waals surface area contributed by atoms with Crippen molar-refractivity contribution >= 4 is 50.9 Å². The first kappa shape index (κ1) is 33.7. The van der Waals surface area contributed by atoms with Crippen LogP contribution in [-0.2, 0) is 22.6 Å². The molecule has 240 valence electrons. The zero-order valence-electron chi connectivity index (χ0n) is 25.7. The lowest BCUT2D eigenvalue weighted by molar-refractivity contribution is 0.0591. The van der Waals surface area contributed by atoms with Gasteiger partial charge in [0, 0.05) is 48.6 Å². The topological polar surface area (TPSA) is 194 Å². The monoisotopic (exact) mass is 636 g/mol. The molecule has 0 aliphatic heterocycles. The molecule has 0 fully saturated rings. The molecule has 0 spiro atoms. The molecule has 6 rings (SSSR count). The van der Waals surface area contributed by atoms with Gasteiger partial charge in [-0.2, -0.15) is 4.39 Å². The van der Waals surface area contributed by atoms with Gasteiger partial charge >= 0.3 is 11.9 Å². The van der Waals surface area contributed by atoms with E-state index >= 15 is 0 Å². The van der Waals surface area contributed by atoms with Gasteiger partial charge in [-0.15, -0.1) is 0 Å². The fourth-order valence-electron chi connectivity index (χ4n) is 4.28. The van der Waals surface area contributed by atoms with Crippen molar-refractivity contribution in [2.75, 3.05) is 31.0 Å². The van der Waals surface area contributed by atoms with Crippen LogP contribution in [0.2, 0.25) is 0 Å². The number of nitrogens with two attached hydrogens (primary N) is 3. The standard InChI is InChI=1S/C17H16N4O2.C10H11N3.C7H6FNO2/c1-23-17(22)13-3-5-15(21-10-13)20-9-11-2-4-14-12(8-11)6-7-19-16(14)18;11-6-7-1-2-9-8(5-7)3-4-13-10(9)12;1-11-7(10)5-2-3-6(8)9-4-5/h2-8,10H,9H2,1H3,(H2,18,19)(H,20,21);1-5H,6,11H2,(H2,12,13);2-4H,1H3. The number of pyridine rings is 4. The number of aromatic nitrogens is 4. The number of hydrogen-bond acceptors (Lipinski definition) is 12. The van der Waals surface area contributed by atoms with Crippen molar-refractivity contribution in [2.24, 2.45) is 5.73 Å². The predicted octanol–water partition coefficient (Wildman–Crippen LogP) is 4.89. The molecule has 0 saturated carbocycles. The van der Waals surface area contributed by atoms with Crippen molar-refractivity contribution in [3.05, 3.63) is 126 Å². The highest BCUT2D eigenvalue weighted by Gasteiger charge is 2.06. The quantitative estimate of drug-likeness (QED) is 0.143. The lowest BCUT2D eigenvalue weighted by Crippen LogP contribution is -2.05. The van der Waals surface area contributed by atoms with E-state index in [0.29, 0.717) is 36.1 Å². The van der Waals surface area contributed by atoms with Gasteiger partial charge in [-0.25, -0.2) is 29.5 Å². The van der Waals surface area contributed by atoms with Crippen molar-refractivity contribution in [1.29, 1.82) is 0 Å². The Kier molecular flexibility index (Phi) is 11.6. The first-order chi connectivity index (χ1) is 22.7.